The molecule has 1 aromatic carbocycles. The maximum Gasteiger partial charge on any atom is 0.266 e. The van der Waals surface area contributed by atoms with Crippen LogP contribution in [-0.2, 0) is 0 Å². The minimum Gasteiger partial charge on any atom is -0.373 e. The quantitative estimate of drug-likeness (QED) is 0.920. The highest BCUT2D eigenvalue weighted by Crippen LogP contribution is 2.26. The molecule has 1 amide bonds. The summed E-state index contributed by atoms with van der Waals surface area (Å²) in [7, 11) is 2.02. The second kappa shape index (κ2) is 5.89. The van der Waals surface area contributed by atoms with Gasteiger partial charge in [0.15, 0.2) is 0 Å². The highest BCUT2D eigenvalue weighted by Gasteiger charge is 2.13. The maximum absolute atomic E-state index is 12.2. The number of benzene rings is 1. The molecule has 1 N–H and O–H groups in total. The van der Waals surface area contributed by atoms with E-state index in [0.29, 0.717) is 0 Å². The lowest BCUT2D eigenvalue weighted by molar-refractivity contribution is 0.103. The molecule has 0 saturated carbocycles. The first-order valence-electron chi connectivity index (χ1n) is 6.29. The van der Waals surface area contributed by atoms with E-state index in [9.17, 15) is 4.79 Å². The fourth-order valence-corrected chi connectivity index (χ4v) is 2.69. The van der Waals surface area contributed by atoms with Crippen LogP contribution in [0.3, 0.4) is 0 Å². The number of thiophene rings is 1. The summed E-state index contributed by atoms with van der Waals surface area (Å²) in [6, 6.07) is 9.82. The third kappa shape index (κ3) is 2.96. The maximum atomic E-state index is 12.2. The molecule has 0 aliphatic heterocycles. The zero-order valence-electron chi connectivity index (χ0n) is 11.4. The lowest BCUT2D eigenvalue weighted by Gasteiger charge is -2.20. The van der Waals surface area contributed by atoms with E-state index in [0.717, 1.165) is 28.4 Å². The average Bonchev–Trinajstić information content (AvgIpc) is 2.85. The average molecular weight is 274 g/mol. The van der Waals surface area contributed by atoms with Gasteiger partial charge in [0, 0.05) is 13.6 Å². The third-order valence-corrected chi connectivity index (χ3v) is 4.12. The van der Waals surface area contributed by atoms with Gasteiger partial charge in [-0.25, -0.2) is 0 Å². The minimum absolute atomic E-state index is 0.0375. The summed E-state index contributed by atoms with van der Waals surface area (Å²) >= 11 is 1.47. The van der Waals surface area contributed by atoms with Gasteiger partial charge in [0.05, 0.1) is 16.3 Å². The van der Waals surface area contributed by atoms with Crippen LogP contribution in [0.15, 0.2) is 35.7 Å². The second-order valence-electron chi connectivity index (χ2n) is 4.42. The number of amides is 1. The lowest BCUT2D eigenvalue weighted by Crippen LogP contribution is -2.19. The Hall–Kier alpha value is -1.81. The Morgan fingerprint density at radius 1 is 1.32 bits per heavy atom. The van der Waals surface area contributed by atoms with Crippen LogP contribution in [-0.4, -0.2) is 19.5 Å². The molecule has 100 valence electrons. The summed E-state index contributed by atoms with van der Waals surface area (Å²) in [6.07, 6.45) is 0. The Balaban J connectivity index is 2.24. The molecule has 0 saturated heterocycles. The van der Waals surface area contributed by atoms with E-state index < -0.39 is 0 Å². The number of hydrogen-bond acceptors (Lipinski definition) is 3. The fourth-order valence-electron chi connectivity index (χ4n) is 1.87. The first-order chi connectivity index (χ1) is 9.13. The summed E-state index contributed by atoms with van der Waals surface area (Å²) in [4.78, 5) is 15.1. The van der Waals surface area contributed by atoms with E-state index in [-0.39, 0.29) is 5.91 Å². The van der Waals surface area contributed by atoms with Crippen LogP contribution >= 0.6 is 11.3 Å². The summed E-state index contributed by atoms with van der Waals surface area (Å²) in [6.45, 7) is 4.93. The SMILES string of the molecule is CCN(C)c1ccccc1NC(=O)c1sccc1C. The predicted molar refractivity (Wildman–Crippen MR) is 82.4 cm³/mol. The molecular formula is C15H18N2OS. The van der Waals surface area contributed by atoms with Gasteiger partial charge in [-0.3, -0.25) is 4.79 Å². The first kappa shape index (κ1) is 13.6. The topological polar surface area (TPSA) is 32.3 Å². The van der Waals surface area contributed by atoms with Crippen molar-refractivity contribution in [1.29, 1.82) is 0 Å². The normalized spacial score (nSPS) is 10.3. The van der Waals surface area contributed by atoms with E-state index in [1.54, 1.807) is 0 Å². The van der Waals surface area contributed by atoms with Crippen molar-refractivity contribution < 1.29 is 4.79 Å². The van der Waals surface area contributed by atoms with Crippen LogP contribution < -0.4 is 10.2 Å². The van der Waals surface area contributed by atoms with Crippen molar-refractivity contribution in [3.8, 4) is 0 Å². The largest absolute Gasteiger partial charge is 0.373 e. The molecule has 0 radical (unpaired) electrons. The van der Waals surface area contributed by atoms with Gasteiger partial charge in [-0.1, -0.05) is 12.1 Å². The van der Waals surface area contributed by atoms with E-state index in [4.69, 9.17) is 0 Å². The number of para-hydroxylation sites is 2. The summed E-state index contributed by atoms with van der Waals surface area (Å²) in [5.74, 6) is -0.0375. The van der Waals surface area contributed by atoms with E-state index in [2.05, 4.69) is 17.1 Å². The molecule has 3 nitrogen and oxygen atoms in total. The molecule has 2 rings (SSSR count). The van der Waals surface area contributed by atoms with Gasteiger partial charge in [-0.05, 0) is 43.0 Å². The Morgan fingerprint density at radius 3 is 2.68 bits per heavy atom. The smallest absolute Gasteiger partial charge is 0.266 e. The number of anilines is 2. The van der Waals surface area contributed by atoms with Crippen molar-refractivity contribution in [2.24, 2.45) is 0 Å². The van der Waals surface area contributed by atoms with Crippen LogP contribution in [0.1, 0.15) is 22.2 Å². The third-order valence-electron chi connectivity index (χ3n) is 3.11. The van der Waals surface area contributed by atoms with Gasteiger partial charge in [0.1, 0.15) is 0 Å². The van der Waals surface area contributed by atoms with Crippen molar-refractivity contribution in [2.45, 2.75) is 13.8 Å². The highest BCUT2D eigenvalue weighted by atomic mass is 32.1. The number of nitrogens with zero attached hydrogens (tertiary/aromatic N) is 1. The number of rotatable bonds is 4. The molecule has 0 spiro atoms. The number of aryl methyl sites for hydroxylation is 1. The van der Waals surface area contributed by atoms with Gasteiger partial charge in [0.25, 0.3) is 5.91 Å². The standard InChI is InChI=1S/C15H18N2OS/c1-4-17(3)13-8-6-5-7-12(13)16-15(18)14-11(2)9-10-19-14/h5-10H,4H2,1-3H3,(H,16,18). The van der Waals surface area contributed by atoms with Crippen LogP contribution in [0, 0.1) is 6.92 Å². The minimum atomic E-state index is -0.0375. The number of carbonyl (C=O) groups excluding carboxylic acids is 1. The molecule has 4 heteroatoms. The second-order valence-corrected chi connectivity index (χ2v) is 5.33. The molecule has 0 fully saturated rings. The summed E-state index contributed by atoms with van der Waals surface area (Å²) in [5, 5.41) is 4.94. The summed E-state index contributed by atoms with van der Waals surface area (Å²) < 4.78 is 0. The molecule has 2 aromatic rings. The van der Waals surface area contributed by atoms with Crippen molar-refractivity contribution in [1.82, 2.24) is 0 Å². The lowest BCUT2D eigenvalue weighted by atomic mass is 10.2. The van der Waals surface area contributed by atoms with Crippen molar-refractivity contribution in [3.05, 3.63) is 46.2 Å². The predicted octanol–water partition coefficient (Wildman–Crippen LogP) is 3.76. The Labute approximate surface area is 117 Å². The van der Waals surface area contributed by atoms with Crippen molar-refractivity contribution >= 4 is 28.6 Å². The van der Waals surface area contributed by atoms with Gasteiger partial charge in [0.2, 0.25) is 0 Å². The molecule has 0 unspecified atom stereocenters. The Morgan fingerprint density at radius 2 is 2.05 bits per heavy atom. The van der Waals surface area contributed by atoms with E-state index >= 15 is 0 Å². The number of hydrogen-bond donors (Lipinski definition) is 1. The molecule has 0 bridgehead atoms. The molecule has 1 aromatic heterocycles. The zero-order chi connectivity index (χ0) is 13.8. The molecule has 0 atom stereocenters. The molecule has 1 heterocycles. The fraction of sp³-hybridized carbons (Fsp3) is 0.267. The van der Waals surface area contributed by atoms with Gasteiger partial charge in [-0.15, -0.1) is 11.3 Å². The van der Waals surface area contributed by atoms with E-state index in [1.165, 1.54) is 11.3 Å². The molecule has 0 aliphatic rings. The molecule has 19 heavy (non-hydrogen) atoms. The van der Waals surface area contributed by atoms with Gasteiger partial charge >= 0.3 is 0 Å². The zero-order valence-corrected chi connectivity index (χ0v) is 12.3. The number of carbonyl (C=O) groups is 1. The Kier molecular flexibility index (Phi) is 4.22. The molecular weight excluding hydrogens is 256 g/mol. The molecule has 0 aliphatic carbocycles. The first-order valence-corrected chi connectivity index (χ1v) is 7.17. The van der Waals surface area contributed by atoms with Crippen molar-refractivity contribution in [2.75, 3.05) is 23.8 Å². The van der Waals surface area contributed by atoms with E-state index in [1.807, 2.05) is 49.7 Å². The monoisotopic (exact) mass is 274 g/mol. The van der Waals surface area contributed by atoms with Crippen LogP contribution in [0.4, 0.5) is 11.4 Å². The highest BCUT2D eigenvalue weighted by molar-refractivity contribution is 7.12. The van der Waals surface area contributed by atoms with Gasteiger partial charge < -0.3 is 10.2 Å². The van der Waals surface area contributed by atoms with Crippen LogP contribution in [0.2, 0.25) is 0 Å². The van der Waals surface area contributed by atoms with Gasteiger partial charge in [-0.2, -0.15) is 0 Å². The number of nitrogens with one attached hydrogen (secondary N) is 1. The van der Waals surface area contributed by atoms with Crippen LogP contribution in [0.5, 0.6) is 0 Å². The van der Waals surface area contributed by atoms with Crippen LogP contribution in [0.25, 0.3) is 0 Å². The summed E-state index contributed by atoms with van der Waals surface area (Å²) in [5.41, 5.74) is 2.90. The van der Waals surface area contributed by atoms with Crippen molar-refractivity contribution in [3.63, 3.8) is 0 Å². The Bertz CT molecular complexity index is 577.